The van der Waals surface area contributed by atoms with Gasteiger partial charge in [0, 0.05) is 19.6 Å². The van der Waals surface area contributed by atoms with Crippen molar-refractivity contribution in [2.45, 2.75) is 39.6 Å². The summed E-state index contributed by atoms with van der Waals surface area (Å²) in [6.45, 7) is 4.35. The molecule has 0 aliphatic rings. The van der Waals surface area contributed by atoms with E-state index < -0.39 is 18.3 Å². The minimum Gasteiger partial charge on any atom is -0.447 e. The van der Waals surface area contributed by atoms with Crippen LogP contribution in [0, 0.1) is 0 Å². The lowest BCUT2D eigenvalue weighted by Crippen LogP contribution is -2.28. The van der Waals surface area contributed by atoms with Crippen LogP contribution in [-0.2, 0) is 33.8 Å². The SMILES string of the molecule is CC(C)OC(=O)NCc1cccc(CNC(=O)OCCOC(=O)NCc2ccccc2)c1. The Morgan fingerprint density at radius 3 is 1.69 bits per heavy atom. The molecule has 0 saturated carbocycles. The van der Waals surface area contributed by atoms with Gasteiger partial charge in [0.1, 0.15) is 13.2 Å². The van der Waals surface area contributed by atoms with Crippen molar-refractivity contribution in [1.82, 2.24) is 16.0 Å². The molecule has 2 rings (SSSR count). The Hall–Kier alpha value is -3.75. The van der Waals surface area contributed by atoms with Crippen LogP contribution in [-0.4, -0.2) is 37.6 Å². The van der Waals surface area contributed by atoms with Gasteiger partial charge in [0.15, 0.2) is 0 Å². The molecule has 0 atom stereocenters. The predicted octanol–water partition coefficient (Wildman–Crippen LogP) is 3.47. The van der Waals surface area contributed by atoms with Crippen LogP contribution in [0.2, 0.25) is 0 Å². The summed E-state index contributed by atoms with van der Waals surface area (Å²) in [6.07, 6.45) is -1.88. The van der Waals surface area contributed by atoms with E-state index in [1.807, 2.05) is 54.6 Å². The van der Waals surface area contributed by atoms with Crippen molar-refractivity contribution in [3.63, 3.8) is 0 Å². The van der Waals surface area contributed by atoms with Gasteiger partial charge in [-0.2, -0.15) is 0 Å². The molecule has 9 heteroatoms. The number of ether oxygens (including phenoxy) is 3. The third-order valence-corrected chi connectivity index (χ3v) is 4.04. The molecule has 0 fully saturated rings. The average molecular weight is 444 g/mol. The van der Waals surface area contributed by atoms with Gasteiger partial charge in [-0.25, -0.2) is 14.4 Å². The molecule has 32 heavy (non-hydrogen) atoms. The second kappa shape index (κ2) is 13.5. The summed E-state index contributed by atoms with van der Waals surface area (Å²) in [5.41, 5.74) is 2.67. The van der Waals surface area contributed by atoms with E-state index in [2.05, 4.69) is 16.0 Å². The van der Waals surface area contributed by atoms with Gasteiger partial charge in [0.25, 0.3) is 0 Å². The number of hydrogen-bond donors (Lipinski definition) is 3. The van der Waals surface area contributed by atoms with Crippen molar-refractivity contribution in [2.75, 3.05) is 13.2 Å². The van der Waals surface area contributed by atoms with Crippen molar-refractivity contribution < 1.29 is 28.6 Å². The summed E-state index contributed by atoms with van der Waals surface area (Å²) in [7, 11) is 0. The molecule has 2 aromatic rings. The van der Waals surface area contributed by atoms with Crippen molar-refractivity contribution in [2.24, 2.45) is 0 Å². The highest BCUT2D eigenvalue weighted by Crippen LogP contribution is 2.05. The molecule has 0 spiro atoms. The quantitative estimate of drug-likeness (QED) is 0.383. The van der Waals surface area contributed by atoms with E-state index >= 15 is 0 Å². The molecule has 2 aromatic carbocycles. The van der Waals surface area contributed by atoms with Crippen LogP contribution in [0.15, 0.2) is 54.6 Å². The first-order chi connectivity index (χ1) is 15.4. The zero-order valence-corrected chi connectivity index (χ0v) is 18.3. The van der Waals surface area contributed by atoms with Crippen molar-refractivity contribution >= 4 is 18.3 Å². The largest absolute Gasteiger partial charge is 0.447 e. The van der Waals surface area contributed by atoms with Gasteiger partial charge in [-0.15, -0.1) is 0 Å². The monoisotopic (exact) mass is 443 g/mol. The van der Waals surface area contributed by atoms with Crippen LogP contribution in [0.3, 0.4) is 0 Å². The fourth-order valence-electron chi connectivity index (χ4n) is 2.59. The Balaban J connectivity index is 1.59. The fraction of sp³-hybridized carbons (Fsp3) is 0.348. The molecular weight excluding hydrogens is 414 g/mol. The van der Waals surface area contributed by atoms with Crippen molar-refractivity contribution in [3.8, 4) is 0 Å². The average Bonchev–Trinajstić information content (AvgIpc) is 2.78. The molecule has 0 aliphatic heterocycles. The van der Waals surface area contributed by atoms with Crippen LogP contribution >= 0.6 is 0 Å². The van der Waals surface area contributed by atoms with E-state index in [0.29, 0.717) is 13.1 Å². The first kappa shape index (κ1) is 24.5. The second-order valence-electron chi connectivity index (χ2n) is 7.09. The number of hydrogen-bond acceptors (Lipinski definition) is 6. The molecule has 0 bridgehead atoms. The Kier molecular flexibility index (Phi) is 10.4. The number of rotatable bonds is 10. The molecule has 0 saturated heterocycles. The summed E-state index contributed by atoms with van der Waals surface area (Å²) < 4.78 is 15.0. The van der Waals surface area contributed by atoms with Gasteiger partial charge in [-0.1, -0.05) is 54.6 Å². The standard InChI is InChI=1S/C23H29N3O6/c1-17(2)32-23(29)26-16-20-10-6-9-19(13-20)15-25-22(28)31-12-11-30-21(27)24-14-18-7-4-3-5-8-18/h3-10,13,17H,11-12,14-16H2,1-2H3,(H,24,27)(H,25,28)(H,26,29). The van der Waals surface area contributed by atoms with Gasteiger partial charge < -0.3 is 30.2 Å². The number of alkyl carbamates (subject to hydrolysis) is 3. The molecule has 3 amide bonds. The van der Waals surface area contributed by atoms with Crippen molar-refractivity contribution in [3.05, 3.63) is 71.3 Å². The number of amides is 3. The molecule has 0 unspecified atom stereocenters. The van der Waals surface area contributed by atoms with E-state index in [1.165, 1.54) is 0 Å². The first-order valence-electron chi connectivity index (χ1n) is 10.3. The number of nitrogens with one attached hydrogen (secondary N) is 3. The summed E-state index contributed by atoms with van der Waals surface area (Å²) in [6, 6.07) is 16.8. The lowest BCUT2D eigenvalue weighted by molar-refractivity contribution is 0.0952. The zero-order valence-electron chi connectivity index (χ0n) is 18.3. The van der Waals surface area contributed by atoms with Gasteiger partial charge in [-0.3, -0.25) is 0 Å². The number of carbonyl (C=O) groups excluding carboxylic acids is 3. The van der Waals surface area contributed by atoms with Gasteiger partial charge in [0.05, 0.1) is 6.10 Å². The van der Waals surface area contributed by atoms with E-state index in [0.717, 1.165) is 16.7 Å². The highest BCUT2D eigenvalue weighted by molar-refractivity contribution is 5.68. The van der Waals surface area contributed by atoms with Crippen LogP contribution in [0.25, 0.3) is 0 Å². The first-order valence-corrected chi connectivity index (χ1v) is 10.3. The van der Waals surface area contributed by atoms with E-state index in [9.17, 15) is 14.4 Å². The Bertz CT molecular complexity index is 873. The van der Waals surface area contributed by atoms with E-state index in [4.69, 9.17) is 14.2 Å². The topological polar surface area (TPSA) is 115 Å². The highest BCUT2D eigenvalue weighted by atomic mass is 16.6. The third-order valence-electron chi connectivity index (χ3n) is 4.04. The van der Waals surface area contributed by atoms with Gasteiger partial charge >= 0.3 is 18.3 Å². The predicted molar refractivity (Wildman–Crippen MR) is 118 cm³/mol. The second-order valence-corrected chi connectivity index (χ2v) is 7.09. The van der Waals surface area contributed by atoms with Crippen LogP contribution in [0.5, 0.6) is 0 Å². The summed E-state index contributed by atoms with van der Waals surface area (Å²) >= 11 is 0. The molecule has 3 N–H and O–H groups in total. The van der Waals surface area contributed by atoms with E-state index in [1.54, 1.807) is 13.8 Å². The maximum absolute atomic E-state index is 11.8. The summed E-state index contributed by atoms with van der Waals surface area (Å²) in [5, 5.41) is 7.90. The molecule has 0 aromatic heterocycles. The normalized spacial score (nSPS) is 10.2. The zero-order chi connectivity index (χ0) is 23.2. The molecular formula is C23H29N3O6. The molecule has 0 heterocycles. The van der Waals surface area contributed by atoms with Gasteiger partial charge in [0.2, 0.25) is 0 Å². The maximum Gasteiger partial charge on any atom is 0.407 e. The lowest BCUT2D eigenvalue weighted by Gasteiger charge is -2.11. The van der Waals surface area contributed by atoms with Crippen LogP contribution in [0.1, 0.15) is 30.5 Å². The summed E-state index contributed by atoms with van der Waals surface area (Å²) in [5.74, 6) is 0. The van der Waals surface area contributed by atoms with Crippen LogP contribution in [0.4, 0.5) is 14.4 Å². The molecule has 0 aliphatic carbocycles. The third kappa shape index (κ3) is 10.3. The van der Waals surface area contributed by atoms with E-state index in [-0.39, 0.29) is 25.9 Å². The summed E-state index contributed by atoms with van der Waals surface area (Å²) in [4.78, 5) is 35.0. The lowest BCUT2D eigenvalue weighted by atomic mass is 10.1. The molecule has 0 radical (unpaired) electrons. The smallest absolute Gasteiger partial charge is 0.407 e. The molecule has 9 nitrogen and oxygen atoms in total. The Labute approximate surface area is 187 Å². The minimum atomic E-state index is -0.623. The van der Waals surface area contributed by atoms with Gasteiger partial charge in [-0.05, 0) is 30.5 Å². The number of carbonyl (C=O) groups is 3. The Morgan fingerprint density at radius 1 is 0.688 bits per heavy atom. The fourth-order valence-corrected chi connectivity index (χ4v) is 2.59. The van der Waals surface area contributed by atoms with Crippen LogP contribution < -0.4 is 16.0 Å². The minimum absolute atomic E-state index is 0.0539. The highest BCUT2D eigenvalue weighted by Gasteiger charge is 2.07. The molecule has 172 valence electrons. The number of benzene rings is 2. The van der Waals surface area contributed by atoms with Crippen molar-refractivity contribution in [1.29, 1.82) is 0 Å². The Morgan fingerprint density at radius 2 is 1.16 bits per heavy atom. The maximum atomic E-state index is 11.8.